The van der Waals surface area contributed by atoms with E-state index in [1.54, 1.807) is 13.8 Å². The summed E-state index contributed by atoms with van der Waals surface area (Å²) in [5, 5.41) is 2.69. The predicted molar refractivity (Wildman–Crippen MR) is 74.0 cm³/mol. The van der Waals surface area contributed by atoms with Crippen LogP contribution in [0, 0.1) is 0 Å². The van der Waals surface area contributed by atoms with Crippen LogP contribution in [0.2, 0.25) is 0 Å². The van der Waals surface area contributed by atoms with E-state index in [2.05, 4.69) is 5.09 Å². The molecule has 1 unspecified atom stereocenters. The molecule has 1 aromatic carbocycles. The van der Waals surface area contributed by atoms with Gasteiger partial charge in [0.05, 0.1) is 19.4 Å². The second kappa shape index (κ2) is 8.10. The Labute approximate surface area is 113 Å². The molecule has 106 valence electrons. The first-order valence-corrected chi connectivity index (χ1v) is 8.09. The Morgan fingerprint density at radius 3 is 2.47 bits per heavy atom. The quantitative estimate of drug-likeness (QED) is 0.587. The SMILES string of the molecule is CCOC(=O)CNP(=O)(Cc1ccccc1)OCC. The van der Waals surface area contributed by atoms with E-state index in [0.717, 1.165) is 5.56 Å². The third kappa shape index (κ3) is 6.01. The summed E-state index contributed by atoms with van der Waals surface area (Å²) < 4.78 is 22.6. The summed E-state index contributed by atoms with van der Waals surface area (Å²) in [4.78, 5) is 11.3. The highest BCUT2D eigenvalue weighted by Crippen LogP contribution is 2.45. The van der Waals surface area contributed by atoms with Crippen molar-refractivity contribution < 1.29 is 18.6 Å². The van der Waals surface area contributed by atoms with Crippen LogP contribution in [0.3, 0.4) is 0 Å². The molecule has 19 heavy (non-hydrogen) atoms. The number of nitrogens with one attached hydrogen (secondary N) is 1. The van der Waals surface area contributed by atoms with Gasteiger partial charge in [-0.2, -0.15) is 0 Å². The molecule has 0 aliphatic carbocycles. The number of carbonyl (C=O) groups is 1. The minimum atomic E-state index is -3.07. The number of carbonyl (C=O) groups excluding carboxylic acids is 1. The number of hydrogen-bond acceptors (Lipinski definition) is 4. The predicted octanol–water partition coefficient (Wildman–Crippen LogP) is 2.57. The molecule has 0 saturated carbocycles. The summed E-state index contributed by atoms with van der Waals surface area (Å²) in [6.45, 7) is 4.00. The number of benzene rings is 1. The van der Waals surface area contributed by atoms with Crippen LogP contribution < -0.4 is 5.09 Å². The molecule has 1 rings (SSSR count). The van der Waals surface area contributed by atoms with Crippen molar-refractivity contribution in [3.05, 3.63) is 35.9 Å². The standard InChI is InChI=1S/C13H20NO4P/c1-3-17-13(15)10-14-19(16,18-4-2)11-12-8-6-5-7-9-12/h5-9H,3-4,10-11H2,1-2H3,(H,14,16). The summed E-state index contributed by atoms with van der Waals surface area (Å²) in [6, 6.07) is 9.38. The summed E-state index contributed by atoms with van der Waals surface area (Å²) in [5.41, 5.74) is 0.899. The van der Waals surface area contributed by atoms with Crippen molar-refractivity contribution in [1.82, 2.24) is 5.09 Å². The Balaban J connectivity index is 2.63. The fraction of sp³-hybridized carbons (Fsp3) is 0.462. The first-order valence-electron chi connectivity index (χ1n) is 6.28. The second-order valence-electron chi connectivity index (χ2n) is 3.87. The van der Waals surface area contributed by atoms with E-state index in [0.29, 0.717) is 13.2 Å². The normalized spacial score (nSPS) is 13.8. The number of esters is 1. The van der Waals surface area contributed by atoms with Crippen LogP contribution in [0.1, 0.15) is 19.4 Å². The largest absolute Gasteiger partial charge is 0.465 e. The Morgan fingerprint density at radius 2 is 1.89 bits per heavy atom. The van der Waals surface area contributed by atoms with E-state index in [4.69, 9.17) is 9.26 Å². The molecule has 5 nitrogen and oxygen atoms in total. The minimum absolute atomic E-state index is 0.113. The number of ether oxygens (including phenoxy) is 1. The van der Waals surface area contributed by atoms with Crippen molar-refractivity contribution in [3.8, 4) is 0 Å². The van der Waals surface area contributed by atoms with Crippen LogP contribution in [0.5, 0.6) is 0 Å². The fourth-order valence-electron chi connectivity index (χ4n) is 1.58. The molecule has 0 aliphatic rings. The Hall–Kier alpha value is -1.16. The van der Waals surface area contributed by atoms with Crippen molar-refractivity contribution in [2.24, 2.45) is 0 Å². The zero-order valence-corrected chi connectivity index (χ0v) is 12.2. The molecular formula is C13H20NO4P. The maximum absolute atomic E-state index is 12.6. The smallest absolute Gasteiger partial charge is 0.320 e. The van der Waals surface area contributed by atoms with E-state index in [9.17, 15) is 9.36 Å². The fourth-order valence-corrected chi connectivity index (χ4v) is 3.35. The topological polar surface area (TPSA) is 64.6 Å². The molecule has 1 aromatic rings. The van der Waals surface area contributed by atoms with E-state index < -0.39 is 13.5 Å². The van der Waals surface area contributed by atoms with Gasteiger partial charge in [0, 0.05) is 0 Å². The lowest BCUT2D eigenvalue weighted by atomic mass is 10.2. The van der Waals surface area contributed by atoms with Gasteiger partial charge in [-0.05, 0) is 19.4 Å². The van der Waals surface area contributed by atoms with Crippen LogP contribution in [-0.2, 0) is 24.8 Å². The van der Waals surface area contributed by atoms with Crippen LogP contribution in [0.4, 0.5) is 0 Å². The maximum Gasteiger partial charge on any atom is 0.320 e. The molecule has 0 aromatic heterocycles. The molecule has 1 atom stereocenters. The molecule has 0 bridgehead atoms. The summed E-state index contributed by atoms with van der Waals surface area (Å²) in [6.07, 6.45) is 0.251. The van der Waals surface area contributed by atoms with E-state index in [1.807, 2.05) is 30.3 Å². The Morgan fingerprint density at radius 1 is 1.21 bits per heavy atom. The Kier molecular flexibility index (Phi) is 6.78. The minimum Gasteiger partial charge on any atom is -0.465 e. The van der Waals surface area contributed by atoms with Gasteiger partial charge in [0.25, 0.3) is 7.52 Å². The second-order valence-corrected chi connectivity index (χ2v) is 6.11. The first kappa shape index (κ1) is 15.9. The van der Waals surface area contributed by atoms with Gasteiger partial charge in [0.15, 0.2) is 0 Å². The molecular weight excluding hydrogens is 265 g/mol. The lowest BCUT2D eigenvalue weighted by Crippen LogP contribution is -2.24. The van der Waals surface area contributed by atoms with Gasteiger partial charge in [-0.1, -0.05) is 30.3 Å². The molecule has 0 aliphatic heterocycles. The molecule has 0 fully saturated rings. The van der Waals surface area contributed by atoms with Gasteiger partial charge in [-0.25, -0.2) is 5.09 Å². The molecule has 0 amide bonds. The zero-order chi connectivity index (χ0) is 14.1. The molecule has 0 heterocycles. The van der Waals surface area contributed by atoms with Crippen LogP contribution in [0.25, 0.3) is 0 Å². The van der Waals surface area contributed by atoms with Crippen molar-refractivity contribution in [1.29, 1.82) is 0 Å². The van der Waals surface area contributed by atoms with Crippen LogP contribution in [0.15, 0.2) is 30.3 Å². The molecule has 0 spiro atoms. The maximum atomic E-state index is 12.6. The zero-order valence-electron chi connectivity index (χ0n) is 11.3. The third-order valence-corrected chi connectivity index (χ3v) is 4.44. The van der Waals surface area contributed by atoms with Crippen molar-refractivity contribution >= 4 is 13.5 Å². The average molecular weight is 285 g/mol. The summed E-state index contributed by atoms with van der Waals surface area (Å²) in [7, 11) is -3.07. The highest BCUT2D eigenvalue weighted by molar-refractivity contribution is 7.56. The molecule has 0 radical (unpaired) electrons. The van der Waals surface area contributed by atoms with Crippen LogP contribution in [-0.4, -0.2) is 25.7 Å². The average Bonchev–Trinajstić information content (AvgIpc) is 2.38. The van der Waals surface area contributed by atoms with Gasteiger partial charge >= 0.3 is 5.97 Å². The highest BCUT2D eigenvalue weighted by Gasteiger charge is 2.24. The van der Waals surface area contributed by atoms with E-state index in [-0.39, 0.29) is 12.7 Å². The molecule has 0 saturated heterocycles. The highest BCUT2D eigenvalue weighted by atomic mass is 31.2. The van der Waals surface area contributed by atoms with Gasteiger partial charge in [-0.3, -0.25) is 9.36 Å². The monoisotopic (exact) mass is 285 g/mol. The Bertz CT molecular complexity index is 436. The lowest BCUT2D eigenvalue weighted by Gasteiger charge is -2.18. The van der Waals surface area contributed by atoms with Gasteiger partial charge in [0.1, 0.15) is 6.54 Å². The first-order chi connectivity index (χ1) is 9.09. The van der Waals surface area contributed by atoms with Crippen molar-refractivity contribution in [2.45, 2.75) is 20.0 Å². The van der Waals surface area contributed by atoms with Gasteiger partial charge in [0.2, 0.25) is 0 Å². The third-order valence-electron chi connectivity index (χ3n) is 2.34. The van der Waals surface area contributed by atoms with Crippen molar-refractivity contribution in [3.63, 3.8) is 0 Å². The van der Waals surface area contributed by atoms with Gasteiger partial charge in [-0.15, -0.1) is 0 Å². The number of rotatable bonds is 8. The molecule has 6 heteroatoms. The molecule has 1 N–H and O–H groups in total. The summed E-state index contributed by atoms with van der Waals surface area (Å²) >= 11 is 0. The summed E-state index contributed by atoms with van der Waals surface area (Å²) in [5.74, 6) is -0.435. The lowest BCUT2D eigenvalue weighted by molar-refractivity contribution is -0.141. The van der Waals surface area contributed by atoms with Crippen molar-refractivity contribution in [2.75, 3.05) is 19.8 Å². The van der Waals surface area contributed by atoms with Gasteiger partial charge < -0.3 is 9.26 Å². The van der Waals surface area contributed by atoms with E-state index in [1.165, 1.54) is 0 Å². The number of hydrogen-bond donors (Lipinski definition) is 1. The van der Waals surface area contributed by atoms with Crippen LogP contribution >= 0.6 is 7.52 Å². The van der Waals surface area contributed by atoms with E-state index >= 15 is 0 Å².